The van der Waals surface area contributed by atoms with E-state index in [9.17, 15) is 35.6 Å². The van der Waals surface area contributed by atoms with E-state index in [-0.39, 0.29) is 28.2 Å². The summed E-state index contributed by atoms with van der Waals surface area (Å²) in [4.78, 5) is 3.45. The summed E-state index contributed by atoms with van der Waals surface area (Å²) >= 11 is 0. The number of aromatic nitrogens is 2. The fourth-order valence-electron chi connectivity index (χ4n) is 16.3. The van der Waals surface area contributed by atoms with Crippen LogP contribution in [0.25, 0.3) is 144 Å². The highest BCUT2D eigenvalue weighted by molar-refractivity contribution is 7.00. The Morgan fingerprint density at radius 1 is 0.244 bits per heavy atom. The third-order valence-electron chi connectivity index (χ3n) is 22.2. The Balaban J connectivity index is 1.04. The van der Waals surface area contributed by atoms with E-state index in [1.54, 1.807) is 34.1 Å². The number of hydrogen-bond donors (Lipinski definition) is 0. The standard InChI is InChI=1S/C114H91BN4/c1-112(2,3)86-66-93(78-42-26-14-27-43-78)110(94(67-86)79-44-28-15-29-45-79)118-105-72-89(116-101-60-52-82(74-34-18-10-19-35-74)62-97(101)91-56-50-84(64-103(91)116)76-38-22-12-23-39-76)54-58-99(105)115-100-59-55-90(117-102-61-53-83(75-36-20-11-21-37-75)63-98(102)92-57-51-85(65-104(92)117)77-40-24-13-25-41-77)73-106(100)119(108-71-88(114(7,8)9)70-107(118)109(108)115)111-95(80-46-30-16-31-47-80)68-87(113(4,5)6)69-96(111)81-48-32-17-33-49-81/h10-73H,1-9H3/i10D,11D,12D,13D,18D,19D,20D,21D,22D,23D,24D,25D,34D,35D,36D,37D,38D,39D,40D,41D,50D,51D,52D,53D,54D,55D,56D,57D,58D,59D,60D,61D,62D,63D,64D,65D,72D,73D. The van der Waals surface area contributed by atoms with Crippen LogP contribution in [-0.2, 0) is 16.2 Å². The summed E-state index contributed by atoms with van der Waals surface area (Å²) in [5.74, 6) is 0. The van der Waals surface area contributed by atoms with Crippen LogP contribution < -0.4 is 26.2 Å². The van der Waals surface area contributed by atoms with E-state index in [2.05, 4.69) is 0 Å². The van der Waals surface area contributed by atoms with E-state index < -0.39 is 374 Å². The monoisotopic (exact) mass is 1560 g/mol. The molecule has 119 heavy (non-hydrogen) atoms. The summed E-state index contributed by atoms with van der Waals surface area (Å²) in [6, 6.07) is 10.7. The van der Waals surface area contributed by atoms with Gasteiger partial charge in [0.15, 0.2) is 0 Å². The van der Waals surface area contributed by atoms with E-state index in [1.807, 2.05) is 196 Å². The van der Waals surface area contributed by atoms with Crippen molar-refractivity contribution in [2.45, 2.75) is 78.6 Å². The molecule has 21 rings (SSSR count). The molecule has 2 aliphatic heterocycles. The van der Waals surface area contributed by atoms with Crippen LogP contribution in [0.5, 0.6) is 0 Å². The topological polar surface area (TPSA) is 16.3 Å². The first kappa shape index (κ1) is 42.7. The molecule has 19 aromatic rings. The van der Waals surface area contributed by atoms with Gasteiger partial charge in [-0.25, -0.2) is 0 Å². The van der Waals surface area contributed by atoms with Gasteiger partial charge in [0.1, 0.15) is 0 Å². The quantitative estimate of drug-likeness (QED) is 0.113. The van der Waals surface area contributed by atoms with Crippen LogP contribution in [0.1, 0.15) is 131 Å². The predicted octanol–water partition coefficient (Wildman–Crippen LogP) is 29.2. The molecule has 0 bridgehead atoms. The number of anilines is 6. The van der Waals surface area contributed by atoms with Gasteiger partial charge in [-0.2, -0.15) is 0 Å². The number of hydrogen-bond acceptors (Lipinski definition) is 2. The van der Waals surface area contributed by atoms with E-state index in [1.165, 1.54) is 0 Å². The number of nitrogens with zero attached hydrogens (tertiary/aromatic N) is 4. The van der Waals surface area contributed by atoms with Gasteiger partial charge in [0, 0.05) is 77.9 Å². The Labute approximate surface area is 752 Å². The van der Waals surface area contributed by atoms with Gasteiger partial charge in [-0.05, 0) is 213 Å². The summed E-state index contributed by atoms with van der Waals surface area (Å²) in [5.41, 5.74) is -9.40. The van der Waals surface area contributed by atoms with Gasteiger partial charge in [-0.1, -0.05) is 353 Å². The Morgan fingerprint density at radius 2 is 0.538 bits per heavy atom. The maximum atomic E-state index is 12.3. The minimum absolute atomic E-state index is 0.0845. The molecule has 0 unspecified atom stereocenters. The van der Waals surface area contributed by atoms with Gasteiger partial charge in [0.2, 0.25) is 0 Å². The summed E-state index contributed by atoms with van der Waals surface area (Å²) in [6.45, 7) is 15.8. The molecule has 0 aliphatic carbocycles. The van der Waals surface area contributed by atoms with Crippen molar-refractivity contribution in [1.82, 2.24) is 9.13 Å². The van der Waals surface area contributed by atoms with Gasteiger partial charge in [0.05, 0.1) is 85.5 Å². The van der Waals surface area contributed by atoms with E-state index >= 15 is 0 Å². The van der Waals surface area contributed by atoms with Crippen LogP contribution in [0.2, 0.25) is 0 Å². The Morgan fingerprint density at radius 3 is 0.849 bits per heavy atom. The van der Waals surface area contributed by atoms with Crippen LogP contribution in [0.3, 0.4) is 0 Å². The van der Waals surface area contributed by atoms with Crippen molar-refractivity contribution in [3.05, 3.63) is 404 Å². The highest BCUT2D eigenvalue weighted by atomic mass is 15.2. The van der Waals surface area contributed by atoms with Crippen molar-refractivity contribution < 1.29 is 52.1 Å². The molecule has 4 heterocycles. The molecule has 0 spiro atoms. The first-order valence-electron chi connectivity index (χ1n) is 57.9. The zero-order valence-corrected chi connectivity index (χ0v) is 65.9. The fraction of sp³-hybridized carbons (Fsp3) is 0.105. The van der Waals surface area contributed by atoms with Crippen LogP contribution in [0.4, 0.5) is 34.1 Å². The molecule has 4 nitrogen and oxygen atoms in total. The molecular weight excluding hydrogens is 1440 g/mol. The Hall–Kier alpha value is -14.0. The first-order valence-corrected chi connectivity index (χ1v) is 38.9. The molecular formula is C114H91BN4. The van der Waals surface area contributed by atoms with Crippen LogP contribution in [0, 0.1) is 0 Å². The highest BCUT2D eigenvalue weighted by Crippen LogP contribution is 2.56. The van der Waals surface area contributed by atoms with Crippen LogP contribution >= 0.6 is 0 Å². The maximum absolute atomic E-state index is 12.3. The summed E-state index contributed by atoms with van der Waals surface area (Å²) in [6.07, 6.45) is 0. The molecule has 2 aliphatic rings. The van der Waals surface area contributed by atoms with Gasteiger partial charge in [0.25, 0.3) is 6.71 Å². The van der Waals surface area contributed by atoms with Gasteiger partial charge in [-0.3, -0.25) is 0 Å². The van der Waals surface area contributed by atoms with Gasteiger partial charge < -0.3 is 18.9 Å². The average molecular weight is 1570 g/mol. The second-order valence-electron chi connectivity index (χ2n) is 32.6. The van der Waals surface area contributed by atoms with E-state index in [0.29, 0.717) is 50.1 Å². The van der Waals surface area contributed by atoms with Crippen molar-refractivity contribution in [3.63, 3.8) is 0 Å². The molecule has 0 radical (unpaired) electrons. The van der Waals surface area contributed by atoms with Crippen molar-refractivity contribution in [2.75, 3.05) is 9.80 Å². The van der Waals surface area contributed by atoms with Crippen molar-refractivity contribution in [2.24, 2.45) is 0 Å². The smallest absolute Gasteiger partial charge is 0.252 e. The molecule has 0 amide bonds. The molecule has 0 saturated carbocycles. The number of benzene rings is 17. The van der Waals surface area contributed by atoms with Crippen molar-refractivity contribution in [3.8, 4) is 100 Å². The molecule has 0 saturated heterocycles. The molecule has 0 fully saturated rings. The zero-order chi connectivity index (χ0) is 114. The Kier molecular flexibility index (Phi) is 10.2. The average Bonchev–Trinajstić information content (AvgIpc) is 1.66. The molecule has 0 N–H and O–H groups in total. The van der Waals surface area contributed by atoms with Crippen LogP contribution in [0.15, 0.2) is 387 Å². The second-order valence-corrected chi connectivity index (χ2v) is 32.6. The lowest BCUT2D eigenvalue weighted by Gasteiger charge is -2.47. The maximum Gasteiger partial charge on any atom is 0.252 e. The molecule has 17 aromatic carbocycles. The largest absolute Gasteiger partial charge is 0.310 e. The molecule has 0 atom stereocenters. The lowest BCUT2D eigenvalue weighted by molar-refractivity contribution is 0.590. The SMILES string of the molecule is [2H]c1c([2H])c([2H])c(-c2c([2H])c([2H])c3c(c2[2H])c2c([2H])c([2H])c(-c4c([2H])c([2H])c([2H])c([2H])c4[2H])c([2H])c2n3-c2c([2H])c([2H])c3c(c2[2H])N(c2c(-c4ccccc4)cc(C(C)(C)C)cc2-c2ccccc2)c2cc(C(C)(C)C)cc4c2B3c2c([2H])c([2H])c(-n3c5c([2H])c([2H])c(-c6c([2H])c([2H])c([2H])c([2H])c6[2H])c([2H])c5c5c([2H])c([2H])c(-c6c([2H])c([2H])c([2H])c([2H])c6[2H])c([2H])c53)c([2H])c2N4c2c(-c3ccccc3)cc(C(C)(C)C)cc2-c2ccccc2)c([2H])c1[2H]. The van der Waals surface area contributed by atoms with Crippen LogP contribution in [-0.4, -0.2) is 15.8 Å². The fourth-order valence-corrected chi connectivity index (χ4v) is 16.3. The van der Waals surface area contributed by atoms with Crippen molar-refractivity contribution >= 4 is 101 Å². The van der Waals surface area contributed by atoms with Crippen molar-refractivity contribution in [1.29, 1.82) is 0 Å². The van der Waals surface area contributed by atoms with E-state index in [4.69, 9.17) is 16.4 Å². The number of rotatable bonds is 12. The normalized spacial score (nSPS) is 17.2. The summed E-state index contributed by atoms with van der Waals surface area (Å²) in [5, 5.41) is -2.80. The number of fused-ring (bicyclic) bond motifs is 10. The van der Waals surface area contributed by atoms with Gasteiger partial charge in [-0.15, -0.1) is 0 Å². The molecule has 2 aromatic heterocycles. The minimum Gasteiger partial charge on any atom is -0.310 e. The summed E-state index contributed by atoms with van der Waals surface area (Å²) < 4.78 is 382. The molecule has 570 valence electrons. The first-order chi connectivity index (χ1) is 73.8. The third-order valence-corrected chi connectivity index (χ3v) is 22.2. The Bertz CT molecular complexity index is 8880. The van der Waals surface area contributed by atoms with E-state index in [0.717, 1.165) is 20.3 Å². The highest BCUT2D eigenvalue weighted by Gasteiger charge is 2.47. The van der Waals surface area contributed by atoms with Gasteiger partial charge >= 0.3 is 0 Å². The second kappa shape index (κ2) is 28.4. The minimum atomic E-state index is -1.97. The predicted molar refractivity (Wildman–Crippen MR) is 509 cm³/mol. The lowest BCUT2D eigenvalue weighted by Crippen LogP contribution is -2.61. The zero-order valence-electron chi connectivity index (χ0n) is 104. The molecule has 5 heteroatoms. The lowest BCUT2D eigenvalue weighted by atomic mass is 9.33. The third kappa shape index (κ3) is 12.5. The summed E-state index contributed by atoms with van der Waals surface area (Å²) in [7, 11) is 0.